The van der Waals surface area contributed by atoms with E-state index in [-0.39, 0.29) is 12.1 Å². The number of urea groups is 1. The van der Waals surface area contributed by atoms with Gasteiger partial charge in [0.1, 0.15) is 0 Å². The summed E-state index contributed by atoms with van der Waals surface area (Å²) in [5.74, 6) is 0.0784. The zero-order valence-corrected chi connectivity index (χ0v) is 14.5. The Morgan fingerprint density at radius 3 is 3.00 bits per heavy atom. The van der Waals surface area contributed by atoms with Crippen LogP contribution < -0.4 is 5.32 Å². The van der Waals surface area contributed by atoms with Crippen molar-refractivity contribution in [1.29, 1.82) is 0 Å². The predicted octanol–water partition coefficient (Wildman–Crippen LogP) is 2.85. The molecule has 2 amide bonds. The monoisotopic (exact) mass is 348 g/mol. The van der Waals surface area contributed by atoms with Gasteiger partial charge >= 0.3 is 12.0 Å². The number of hydrogen-bond acceptors (Lipinski definition) is 5. The summed E-state index contributed by atoms with van der Waals surface area (Å²) < 4.78 is 6.73. The lowest BCUT2D eigenvalue weighted by Crippen LogP contribution is -2.45. The fraction of sp³-hybridized carbons (Fsp3) is 0.438. The number of nitrogens with one attached hydrogen (secondary N) is 1. The third-order valence-corrected chi connectivity index (χ3v) is 5.21. The highest BCUT2D eigenvalue weighted by Gasteiger charge is 2.30. The van der Waals surface area contributed by atoms with Crippen LogP contribution in [0, 0.1) is 5.92 Å². The summed E-state index contributed by atoms with van der Waals surface area (Å²) in [7, 11) is 1.34. The van der Waals surface area contributed by atoms with Crippen molar-refractivity contribution in [3.63, 3.8) is 0 Å². The first kappa shape index (κ1) is 16.5. The Kier molecular flexibility index (Phi) is 4.84. The zero-order valence-electron chi connectivity index (χ0n) is 13.6. The van der Waals surface area contributed by atoms with Crippen LogP contribution in [0.3, 0.4) is 0 Å². The number of hydrogen-bond donors (Lipinski definition) is 1. The number of amides is 2. The number of carbonyl (C=O) groups excluding carboxylic acids is 2. The Morgan fingerprint density at radius 2 is 2.29 bits per heavy atom. The summed E-state index contributed by atoms with van der Waals surface area (Å²) in [6, 6.07) is 1.71. The van der Waals surface area contributed by atoms with Crippen molar-refractivity contribution in [3.05, 3.63) is 35.7 Å². The minimum absolute atomic E-state index is 0.148. The third-order valence-electron chi connectivity index (χ3n) is 4.36. The summed E-state index contributed by atoms with van der Waals surface area (Å²) in [5, 5.41) is 5.18. The Labute approximate surface area is 144 Å². The minimum atomic E-state index is -0.404. The largest absolute Gasteiger partial charge is 0.465 e. The van der Waals surface area contributed by atoms with Crippen LogP contribution in [0.15, 0.2) is 30.2 Å². The van der Waals surface area contributed by atoms with E-state index >= 15 is 0 Å². The number of piperidine rings is 1. The standard InChI is InChI=1S/C16H20N4O3S/c1-11-3-5-19(8-13(11)20-6-4-17-10-20)16(22)18-14-7-12(9-24-14)15(21)23-2/h4,6-7,9-11,13H,3,5,8H2,1-2H3,(H,18,22). The molecule has 1 N–H and O–H groups in total. The Morgan fingerprint density at radius 1 is 1.46 bits per heavy atom. The number of thiophene rings is 1. The van der Waals surface area contributed by atoms with Gasteiger partial charge in [-0.2, -0.15) is 0 Å². The van der Waals surface area contributed by atoms with E-state index in [4.69, 9.17) is 0 Å². The number of anilines is 1. The van der Waals surface area contributed by atoms with Crippen molar-refractivity contribution in [1.82, 2.24) is 14.5 Å². The van der Waals surface area contributed by atoms with E-state index in [1.165, 1.54) is 18.4 Å². The molecule has 2 atom stereocenters. The Bertz CT molecular complexity index is 713. The van der Waals surface area contributed by atoms with E-state index in [1.54, 1.807) is 24.0 Å². The van der Waals surface area contributed by atoms with E-state index in [2.05, 4.69) is 26.5 Å². The lowest BCUT2D eigenvalue weighted by atomic mass is 9.93. The van der Waals surface area contributed by atoms with E-state index < -0.39 is 5.97 Å². The lowest BCUT2D eigenvalue weighted by Gasteiger charge is -2.37. The molecule has 2 unspecified atom stereocenters. The van der Waals surface area contributed by atoms with Crippen LogP contribution in [0.4, 0.5) is 9.80 Å². The molecule has 8 heteroatoms. The molecule has 0 radical (unpaired) electrons. The minimum Gasteiger partial charge on any atom is -0.465 e. The molecule has 1 fully saturated rings. The van der Waals surface area contributed by atoms with Gasteiger partial charge in [0, 0.05) is 30.9 Å². The highest BCUT2D eigenvalue weighted by atomic mass is 32.1. The molecule has 2 aromatic heterocycles. The Balaban J connectivity index is 1.64. The van der Waals surface area contributed by atoms with Crippen molar-refractivity contribution >= 4 is 28.3 Å². The van der Waals surface area contributed by atoms with Crippen LogP contribution in [0.5, 0.6) is 0 Å². The number of likely N-dealkylation sites (tertiary alicyclic amines) is 1. The first-order valence-corrected chi connectivity index (χ1v) is 8.66. The quantitative estimate of drug-likeness (QED) is 0.866. The van der Waals surface area contributed by atoms with E-state index in [0.29, 0.717) is 29.6 Å². The average Bonchev–Trinajstić information content (AvgIpc) is 3.26. The highest BCUT2D eigenvalue weighted by molar-refractivity contribution is 7.14. The van der Waals surface area contributed by atoms with Crippen LogP contribution in [-0.4, -0.2) is 46.7 Å². The number of methoxy groups -OCH3 is 1. The first-order chi connectivity index (χ1) is 11.6. The average molecular weight is 348 g/mol. The van der Waals surface area contributed by atoms with Gasteiger partial charge in [0.15, 0.2) is 0 Å². The molecule has 1 aliphatic heterocycles. The molecule has 0 bridgehead atoms. The molecule has 3 rings (SSSR count). The second kappa shape index (κ2) is 7.04. The van der Waals surface area contributed by atoms with E-state index in [1.807, 2.05) is 11.1 Å². The SMILES string of the molecule is COC(=O)c1csc(NC(=O)N2CCC(C)C(n3ccnc3)C2)c1. The topological polar surface area (TPSA) is 76.5 Å². The second-order valence-electron chi connectivity index (χ2n) is 5.91. The summed E-state index contributed by atoms with van der Waals surface area (Å²) in [4.78, 5) is 29.9. The third kappa shape index (κ3) is 3.43. The molecule has 1 aliphatic rings. The number of imidazole rings is 1. The molecule has 24 heavy (non-hydrogen) atoms. The molecule has 1 saturated heterocycles. The number of ether oxygens (including phenoxy) is 1. The number of aromatic nitrogens is 2. The first-order valence-electron chi connectivity index (χ1n) is 7.78. The molecule has 2 aromatic rings. The molecule has 0 aliphatic carbocycles. The van der Waals surface area contributed by atoms with Crippen molar-refractivity contribution in [2.75, 3.05) is 25.5 Å². The van der Waals surface area contributed by atoms with Gasteiger partial charge in [-0.05, 0) is 18.4 Å². The van der Waals surface area contributed by atoms with Crippen LogP contribution in [-0.2, 0) is 4.74 Å². The highest BCUT2D eigenvalue weighted by Crippen LogP contribution is 2.28. The molecule has 0 saturated carbocycles. The number of nitrogens with zero attached hydrogens (tertiary/aromatic N) is 3. The maximum Gasteiger partial charge on any atom is 0.338 e. The normalized spacial score (nSPS) is 20.7. The summed E-state index contributed by atoms with van der Waals surface area (Å²) in [6.45, 7) is 3.55. The van der Waals surface area contributed by atoms with Crippen molar-refractivity contribution < 1.29 is 14.3 Å². The summed E-state index contributed by atoms with van der Waals surface area (Å²) in [5.41, 5.74) is 0.446. The van der Waals surface area contributed by atoms with Gasteiger partial charge in [0.05, 0.1) is 30.0 Å². The van der Waals surface area contributed by atoms with Crippen molar-refractivity contribution in [3.8, 4) is 0 Å². The van der Waals surface area contributed by atoms with Gasteiger partial charge in [0.25, 0.3) is 0 Å². The van der Waals surface area contributed by atoms with Crippen LogP contribution in [0.25, 0.3) is 0 Å². The van der Waals surface area contributed by atoms with Crippen LogP contribution >= 0.6 is 11.3 Å². The molecule has 0 spiro atoms. The molecule has 128 valence electrons. The molecule has 0 aromatic carbocycles. The van der Waals surface area contributed by atoms with Gasteiger partial charge in [0.2, 0.25) is 0 Å². The summed E-state index contributed by atoms with van der Waals surface area (Å²) in [6.07, 6.45) is 6.43. The summed E-state index contributed by atoms with van der Waals surface area (Å²) >= 11 is 1.31. The van der Waals surface area contributed by atoms with Gasteiger partial charge < -0.3 is 14.2 Å². The number of esters is 1. The maximum absolute atomic E-state index is 12.5. The number of carbonyl (C=O) groups is 2. The van der Waals surface area contributed by atoms with Crippen LogP contribution in [0.1, 0.15) is 29.7 Å². The molecular formula is C16H20N4O3S. The fourth-order valence-corrected chi connectivity index (χ4v) is 3.66. The van der Waals surface area contributed by atoms with Crippen LogP contribution in [0.2, 0.25) is 0 Å². The van der Waals surface area contributed by atoms with Gasteiger partial charge in [-0.25, -0.2) is 14.6 Å². The fourth-order valence-electron chi connectivity index (χ4n) is 2.90. The van der Waals surface area contributed by atoms with Gasteiger partial charge in [-0.15, -0.1) is 11.3 Å². The second-order valence-corrected chi connectivity index (χ2v) is 6.82. The Hall–Kier alpha value is -2.35. The van der Waals surface area contributed by atoms with E-state index in [9.17, 15) is 9.59 Å². The smallest absolute Gasteiger partial charge is 0.338 e. The van der Waals surface area contributed by atoms with Crippen molar-refractivity contribution in [2.45, 2.75) is 19.4 Å². The van der Waals surface area contributed by atoms with Gasteiger partial charge in [-0.1, -0.05) is 6.92 Å². The zero-order chi connectivity index (χ0) is 17.1. The van der Waals surface area contributed by atoms with Crippen molar-refractivity contribution in [2.24, 2.45) is 5.92 Å². The maximum atomic E-state index is 12.5. The van der Waals surface area contributed by atoms with Gasteiger partial charge in [-0.3, -0.25) is 5.32 Å². The molecular weight excluding hydrogens is 328 g/mol. The predicted molar refractivity (Wildman–Crippen MR) is 91.3 cm³/mol. The molecule has 3 heterocycles. The lowest BCUT2D eigenvalue weighted by molar-refractivity contribution is 0.0601. The molecule has 7 nitrogen and oxygen atoms in total. The number of rotatable bonds is 3. The van der Waals surface area contributed by atoms with E-state index in [0.717, 1.165) is 6.42 Å².